The minimum atomic E-state index is -0.100. The molecule has 2 rings (SSSR count). The van der Waals surface area contributed by atoms with Crippen LogP contribution in [0.4, 0.5) is 0 Å². The van der Waals surface area contributed by atoms with E-state index in [9.17, 15) is 4.79 Å². The third kappa shape index (κ3) is 2.42. The van der Waals surface area contributed by atoms with Crippen LogP contribution in [0.25, 0.3) is 0 Å². The zero-order valence-corrected chi connectivity index (χ0v) is 12.0. The van der Waals surface area contributed by atoms with Gasteiger partial charge in [-0.25, -0.2) is 0 Å². The van der Waals surface area contributed by atoms with Gasteiger partial charge in [-0.15, -0.1) is 0 Å². The average molecular weight is 284 g/mol. The van der Waals surface area contributed by atoms with E-state index in [0.717, 1.165) is 5.56 Å². The highest BCUT2D eigenvalue weighted by Crippen LogP contribution is 2.21. The van der Waals surface area contributed by atoms with Crippen molar-refractivity contribution >= 4 is 28.8 Å². The molecule has 96 valence electrons. The standard InChI is InChI=1S/C12H14ClN3OS/c1-8-10(11(13)16(3)14-8)12(17)15(2)6-9-4-5-18-7-9/h4-5,7H,6H2,1-3H3. The van der Waals surface area contributed by atoms with E-state index in [1.54, 1.807) is 37.3 Å². The lowest BCUT2D eigenvalue weighted by molar-refractivity contribution is 0.0784. The second-order valence-corrected chi connectivity index (χ2v) is 5.31. The molecule has 0 spiro atoms. The second-order valence-electron chi connectivity index (χ2n) is 4.17. The molecular formula is C12H14ClN3OS. The molecule has 18 heavy (non-hydrogen) atoms. The summed E-state index contributed by atoms with van der Waals surface area (Å²) in [5.74, 6) is -0.100. The lowest BCUT2D eigenvalue weighted by atomic mass is 10.2. The molecule has 0 saturated heterocycles. The summed E-state index contributed by atoms with van der Waals surface area (Å²) in [6.07, 6.45) is 0. The summed E-state index contributed by atoms with van der Waals surface area (Å²) in [5.41, 5.74) is 2.26. The van der Waals surface area contributed by atoms with Gasteiger partial charge in [0.05, 0.1) is 11.3 Å². The molecule has 0 aliphatic carbocycles. The van der Waals surface area contributed by atoms with E-state index in [1.807, 2.05) is 16.8 Å². The predicted molar refractivity (Wildman–Crippen MR) is 73.1 cm³/mol. The molecule has 0 fully saturated rings. The predicted octanol–water partition coefficient (Wildman–Crippen LogP) is 2.72. The van der Waals surface area contributed by atoms with E-state index < -0.39 is 0 Å². The molecule has 0 atom stereocenters. The van der Waals surface area contributed by atoms with E-state index in [0.29, 0.717) is 23.0 Å². The largest absolute Gasteiger partial charge is 0.337 e. The quantitative estimate of drug-likeness (QED) is 0.869. The lowest BCUT2D eigenvalue weighted by Crippen LogP contribution is -2.26. The highest BCUT2D eigenvalue weighted by atomic mass is 35.5. The zero-order chi connectivity index (χ0) is 13.3. The number of carbonyl (C=O) groups is 1. The number of carbonyl (C=O) groups excluding carboxylic acids is 1. The van der Waals surface area contributed by atoms with Crippen LogP contribution >= 0.6 is 22.9 Å². The van der Waals surface area contributed by atoms with Crippen molar-refractivity contribution in [2.45, 2.75) is 13.5 Å². The summed E-state index contributed by atoms with van der Waals surface area (Å²) in [4.78, 5) is 14.0. The minimum absolute atomic E-state index is 0.100. The van der Waals surface area contributed by atoms with Crippen molar-refractivity contribution in [3.63, 3.8) is 0 Å². The molecule has 0 radical (unpaired) electrons. The first-order chi connectivity index (χ1) is 8.50. The molecule has 0 aromatic carbocycles. The van der Waals surface area contributed by atoms with Crippen LogP contribution in [0.2, 0.25) is 5.15 Å². The fraction of sp³-hybridized carbons (Fsp3) is 0.333. The highest BCUT2D eigenvalue weighted by Gasteiger charge is 2.22. The van der Waals surface area contributed by atoms with Crippen molar-refractivity contribution in [3.8, 4) is 0 Å². The lowest BCUT2D eigenvalue weighted by Gasteiger charge is -2.16. The van der Waals surface area contributed by atoms with E-state index >= 15 is 0 Å². The first-order valence-electron chi connectivity index (χ1n) is 5.46. The van der Waals surface area contributed by atoms with Gasteiger partial charge in [0.1, 0.15) is 5.15 Å². The van der Waals surface area contributed by atoms with E-state index in [-0.39, 0.29) is 5.91 Å². The highest BCUT2D eigenvalue weighted by molar-refractivity contribution is 7.07. The summed E-state index contributed by atoms with van der Waals surface area (Å²) < 4.78 is 1.52. The number of aryl methyl sites for hydroxylation is 2. The van der Waals surface area contributed by atoms with Gasteiger partial charge in [0.2, 0.25) is 0 Å². The van der Waals surface area contributed by atoms with Crippen molar-refractivity contribution in [1.82, 2.24) is 14.7 Å². The second kappa shape index (κ2) is 5.12. The maximum atomic E-state index is 12.3. The van der Waals surface area contributed by atoms with Crippen LogP contribution < -0.4 is 0 Å². The van der Waals surface area contributed by atoms with Crippen molar-refractivity contribution in [3.05, 3.63) is 38.8 Å². The monoisotopic (exact) mass is 283 g/mol. The Morgan fingerprint density at radius 1 is 1.61 bits per heavy atom. The number of hydrogen-bond acceptors (Lipinski definition) is 3. The Balaban J connectivity index is 2.20. The van der Waals surface area contributed by atoms with Crippen molar-refractivity contribution in [2.75, 3.05) is 7.05 Å². The minimum Gasteiger partial charge on any atom is -0.337 e. The van der Waals surface area contributed by atoms with Gasteiger partial charge in [-0.05, 0) is 29.3 Å². The number of rotatable bonds is 3. The van der Waals surface area contributed by atoms with Gasteiger partial charge in [-0.2, -0.15) is 16.4 Å². The Morgan fingerprint density at radius 3 is 2.83 bits per heavy atom. The fourth-order valence-corrected chi connectivity index (χ4v) is 2.71. The third-order valence-corrected chi connectivity index (χ3v) is 3.88. The van der Waals surface area contributed by atoms with Crippen molar-refractivity contribution in [2.24, 2.45) is 7.05 Å². The normalized spacial score (nSPS) is 10.7. The number of aromatic nitrogens is 2. The van der Waals surface area contributed by atoms with Gasteiger partial charge in [0.25, 0.3) is 5.91 Å². The molecule has 0 aliphatic heterocycles. The molecule has 1 amide bonds. The molecule has 2 aromatic rings. The summed E-state index contributed by atoms with van der Waals surface area (Å²) in [7, 11) is 3.49. The molecule has 2 heterocycles. The van der Waals surface area contributed by atoms with Gasteiger partial charge >= 0.3 is 0 Å². The summed E-state index contributed by atoms with van der Waals surface area (Å²) >= 11 is 7.71. The molecule has 0 bridgehead atoms. The SMILES string of the molecule is Cc1nn(C)c(Cl)c1C(=O)N(C)Cc1ccsc1. The van der Waals surface area contributed by atoms with E-state index in [4.69, 9.17) is 11.6 Å². The van der Waals surface area contributed by atoms with Gasteiger partial charge in [0.15, 0.2) is 0 Å². The van der Waals surface area contributed by atoms with Gasteiger partial charge in [-0.1, -0.05) is 11.6 Å². The van der Waals surface area contributed by atoms with Crippen molar-refractivity contribution in [1.29, 1.82) is 0 Å². The maximum absolute atomic E-state index is 12.3. The summed E-state index contributed by atoms with van der Waals surface area (Å²) in [6.45, 7) is 2.37. The molecule has 2 aromatic heterocycles. The van der Waals surface area contributed by atoms with Gasteiger partial charge < -0.3 is 4.90 Å². The number of hydrogen-bond donors (Lipinski definition) is 0. The fourth-order valence-electron chi connectivity index (χ4n) is 1.79. The van der Waals surface area contributed by atoms with E-state index in [1.165, 1.54) is 4.68 Å². The molecule has 0 aliphatic rings. The molecule has 4 nitrogen and oxygen atoms in total. The molecule has 6 heteroatoms. The summed E-state index contributed by atoms with van der Waals surface area (Å²) in [6, 6.07) is 2.01. The first kappa shape index (κ1) is 13.1. The first-order valence-corrected chi connectivity index (χ1v) is 6.78. The number of amides is 1. The molecular weight excluding hydrogens is 270 g/mol. The number of nitrogens with zero attached hydrogens (tertiary/aromatic N) is 3. The topological polar surface area (TPSA) is 38.1 Å². The van der Waals surface area contributed by atoms with Crippen LogP contribution in [0.5, 0.6) is 0 Å². The van der Waals surface area contributed by atoms with Crippen LogP contribution in [-0.4, -0.2) is 27.6 Å². The number of halogens is 1. The Morgan fingerprint density at radius 2 is 2.33 bits per heavy atom. The van der Waals surface area contributed by atoms with E-state index in [2.05, 4.69) is 5.10 Å². The smallest absolute Gasteiger partial charge is 0.258 e. The van der Waals surface area contributed by atoms with Crippen molar-refractivity contribution < 1.29 is 4.79 Å². The average Bonchev–Trinajstić information content (AvgIpc) is 2.88. The van der Waals surface area contributed by atoms with Crippen LogP contribution in [0.3, 0.4) is 0 Å². The van der Waals surface area contributed by atoms with Crippen LogP contribution in [0.1, 0.15) is 21.6 Å². The molecule has 0 N–H and O–H groups in total. The van der Waals surface area contributed by atoms with Crippen LogP contribution in [0.15, 0.2) is 16.8 Å². The Labute approximate surface area is 115 Å². The van der Waals surface area contributed by atoms with Crippen LogP contribution in [0, 0.1) is 6.92 Å². The number of thiophene rings is 1. The Kier molecular flexibility index (Phi) is 3.73. The zero-order valence-electron chi connectivity index (χ0n) is 10.5. The maximum Gasteiger partial charge on any atom is 0.258 e. The van der Waals surface area contributed by atoms with Gasteiger partial charge in [-0.3, -0.25) is 9.48 Å². The Bertz CT molecular complexity index is 562. The third-order valence-electron chi connectivity index (χ3n) is 2.71. The van der Waals surface area contributed by atoms with Crippen LogP contribution in [-0.2, 0) is 13.6 Å². The summed E-state index contributed by atoms with van der Waals surface area (Å²) in [5, 5.41) is 8.56. The molecule has 0 unspecified atom stereocenters. The molecule has 0 saturated carbocycles. The Hall–Kier alpha value is -1.33. The van der Waals surface area contributed by atoms with Gasteiger partial charge in [0, 0.05) is 20.6 Å².